The van der Waals surface area contributed by atoms with E-state index in [-0.39, 0.29) is 31.6 Å². The molecule has 0 fully saturated rings. The summed E-state index contributed by atoms with van der Waals surface area (Å²) in [6.45, 7) is 0. The Morgan fingerprint density at radius 1 is 0.842 bits per heavy atom. The van der Waals surface area contributed by atoms with Crippen molar-refractivity contribution in [3.8, 4) is 11.5 Å². The van der Waals surface area contributed by atoms with Crippen molar-refractivity contribution in [2.24, 2.45) is 0 Å². The van der Waals surface area contributed by atoms with Gasteiger partial charge in [-0.05, 0) is 0 Å². The number of anilines is 2. The number of hydrogen-bond acceptors (Lipinski definition) is 5. The molecule has 0 heterocycles. The second kappa shape index (κ2) is 4.57. The molecule has 0 aromatic heterocycles. The Morgan fingerprint density at radius 2 is 1.21 bits per heavy atom. The van der Waals surface area contributed by atoms with Gasteiger partial charge >= 0.3 is 111 Å². The Hall–Kier alpha value is -2.04. The van der Waals surface area contributed by atoms with Crippen LogP contribution in [-0.4, -0.2) is 28.1 Å². The fourth-order valence-electron chi connectivity index (χ4n) is 1.61. The van der Waals surface area contributed by atoms with Crippen LogP contribution in [0.5, 0.6) is 11.5 Å². The normalized spacial score (nSPS) is 11.4. The van der Waals surface area contributed by atoms with Gasteiger partial charge in [-0.15, -0.1) is 0 Å². The molecule has 2 aromatic carbocycles. The maximum atomic E-state index is 12.5. The Bertz CT molecular complexity index is 632. The van der Waals surface area contributed by atoms with Gasteiger partial charge in [0.1, 0.15) is 0 Å². The predicted molar refractivity (Wildman–Crippen MR) is 73.0 cm³/mol. The van der Waals surface area contributed by atoms with Crippen molar-refractivity contribution in [2.45, 2.75) is 0 Å². The summed E-state index contributed by atoms with van der Waals surface area (Å²) < 4.78 is 23.0. The van der Waals surface area contributed by atoms with Gasteiger partial charge in [0.2, 0.25) is 0 Å². The van der Waals surface area contributed by atoms with Crippen molar-refractivity contribution in [2.75, 3.05) is 11.5 Å². The van der Waals surface area contributed by atoms with Crippen LogP contribution in [0.2, 0.25) is 0 Å². The van der Waals surface area contributed by atoms with Gasteiger partial charge in [0.05, 0.1) is 0 Å². The Morgan fingerprint density at radius 3 is 1.53 bits per heavy atom. The molecule has 0 unspecified atom stereocenters. The molecule has 7 heteroatoms. The van der Waals surface area contributed by atoms with Crippen LogP contribution in [-0.2, 0) is 3.74 Å². The molecule has 6 nitrogen and oxygen atoms in total. The van der Waals surface area contributed by atoms with Crippen molar-refractivity contribution >= 4 is 33.9 Å². The molecule has 100 valence electrons. The van der Waals surface area contributed by atoms with Crippen molar-refractivity contribution in [3.63, 3.8) is 0 Å². The number of benzene rings is 2. The third-order valence-corrected chi connectivity index (χ3v) is 6.83. The van der Waals surface area contributed by atoms with Crippen molar-refractivity contribution < 1.29 is 18.0 Å². The molecule has 2 rings (SSSR count). The van der Waals surface area contributed by atoms with Crippen LogP contribution in [0.15, 0.2) is 36.4 Å². The summed E-state index contributed by atoms with van der Waals surface area (Å²) in [5.41, 5.74) is 11.1. The zero-order valence-corrected chi connectivity index (χ0v) is 11.7. The number of phenols is 2. The molecular formula is C12H13AsN2O4. The van der Waals surface area contributed by atoms with E-state index in [0.717, 1.165) is 0 Å². The summed E-state index contributed by atoms with van der Waals surface area (Å²) in [5, 5.41) is 18.6. The van der Waals surface area contributed by atoms with E-state index in [1.54, 1.807) is 0 Å². The van der Waals surface area contributed by atoms with Gasteiger partial charge in [0.15, 0.2) is 0 Å². The molecular weight excluding hydrogens is 311 g/mol. The van der Waals surface area contributed by atoms with Crippen LogP contribution < -0.4 is 20.2 Å². The summed E-state index contributed by atoms with van der Waals surface area (Å²) in [5.74, 6) is -0.297. The van der Waals surface area contributed by atoms with Gasteiger partial charge in [0.25, 0.3) is 0 Å². The zero-order chi connectivity index (χ0) is 14.2. The van der Waals surface area contributed by atoms with E-state index in [1.165, 1.54) is 36.4 Å². The second-order valence-corrected chi connectivity index (χ2v) is 8.65. The molecule has 7 N–H and O–H groups in total. The quantitative estimate of drug-likeness (QED) is 0.280. The minimum atomic E-state index is -4.58. The third kappa shape index (κ3) is 2.40. The Balaban J connectivity index is 2.54. The second-order valence-electron chi connectivity index (χ2n) is 4.06. The van der Waals surface area contributed by atoms with E-state index in [2.05, 4.69) is 0 Å². The van der Waals surface area contributed by atoms with E-state index < -0.39 is 13.8 Å². The van der Waals surface area contributed by atoms with Gasteiger partial charge in [0, 0.05) is 0 Å². The molecule has 0 aliphatic heterocycles. The molecule has 0 aliphatic carbocycles. The van der Waals surface area contributed by atoms with Crippen LogP contribution in [0.1, 0.15) is 0 Å². The number of hydrogen-bond donors (Lipinski definition) is 5. The molecule has 0 amide bonds. The summed E-state index contributed by atoms with van der Waals surface area (Å²) in [6, 6.07) is 7.73. The first-order chi connectivity index (χ1) is 8.82. The van der Waals surface area contributed by atoms with Gasteiger partial charge in [-0.25, -0.2) is 0 Å². The monoisotopic (exact) mass is 324 g/mol. The summed E-state index contributed by atoms with van der Waals surface area (Å²) in [4.78, 5) is 0. The summed E-state index contributed by atoms with van der Waals surface area (Å²) in [6.07, 6.45) is 0. The van der Waals surface area contributed by atoms with Crippen LogP contribution in [0.3, 0.4) is 0 Å². The average molecular weight is 324 g/mol. The minimum absolute atomic E-state index is 0.0277. The first kappa shape index (κ1) is 13.4. The van der Waals surface area contributed by atoms with Crippen molar-refractivity contribution in [1.82, 2.24) is 0 Å². The molecule has 2 aromatic rings. The first-order valence-electron chi connectivity index (χ1n) is 5.33. The van der Waals surface area contributed by atoms with Crippen molar-refractivity contribution in [1.29, 1.82) is 0 Å². The number of nitrogen functional groups attached to an aromatic ring is 2. The molecule has 0 aliphatic rings. The maximum absolute atomic E-state index is 12.5. The van der Waals surface area contributed by atoms with Crippen LogP contribution in [0, 0.1) is 0 Å². The molecule has 19 heavy (non-hydrogen) atoms. The molecule has 0 bridgehead atoms. The van der Waals surface area contributed by atoms with Gasteiger partial charge < -0.3 is 0 Å². The fraction of sp³-hybridized carbons (Fsp3) is 0. The Labute approximate surface area is 111 Å². The number of nitrogens with two attached hydrogens (primary N) is 2. The van der Waals surface area contributed by atoms with Crippen molar-refractivity contribution in [3.05, 3.63) is 36.4 Å². The Kier molecular flexibility index (Phi) is 3.22. The van der Waals surface area contributed by atoms with E-state index in [9.17, 15) is 18.0 Å². The van der Waals surface area contributed by atoms with E-state index in [1.807, 2.05) is 0 Å². The predicted octanol–water partition coefficient (Wildman–Crippen LogP) is -0.759. The van der Waals surface area contributed by atoms with E-state index >= 15 is 0 Å². The third-order valence-electron chi connectivity index (χ3n) is 2.72. The molecule has 0 spiro atoms. The average Bonchev–Trinajstić information content (AvgIpc) is 2.35. The van der Waals surface area contributed by atoms with E-state index in [4.69, 9.17) is 11.5 Å². The summed E-state index contributed by atoms with van der Waals surface area (Å²) >= 11 is -4.58. The summed E-state index contributed by atoms with van der Waals surface area (Å²) in [7, 11) is 0. The number of aromatic hydroxyl groups is 2. The van der Waals surface area contributed by atoms with Crippen LogP contribution >= 0.6 is 0 Å². The van der Waals surface area contributed by atoms with Gasteiger partial charge in [-0.2, -0.15) is 0 Å². The number of rotatable bonds is 2. The molecule has 0 atom stereocenters. The number of phenolic OH excluding ortho intramolecular Hbond substituents is 2. The zero-order valence-electron chi connectivity index (χ0n) is 9.82. The molecule has 0 radical (unpaired) electrons. The van der Waals surface area contributed by atoms with Gasteiger partial charge in [-0.3, -0.25) is 0 Å². The molecule has 0 saturated heterocycles. The first-order valence-corrected chi connectivity index (χ1v) is 8.81. The SMILES string of the molecule is Nc1cc([As](=O)(O)c2ccc(O)c(N)c2)ccc1O. The van der Waals surface area contributed by atoms with E-state index in [0.29, 0.717) is 0 Å². The topological polar surface area (TPSA) is 130 Å². The molecule has 0 saturated carbocycles. The van der Waals surface area contributed by atoms with Crippen LogP contribution in [0.4, 0.5) is 11.4 Å². The van der Waals surface area contributed by atoms with Gasteiger partial charge in [-0.1, -0.05) is 0 Å². The standard InChI is InChI=1S/C12H13AsN2O4/c14-9-5-7(1-3-11(9)16)13(18,19)8-2-4-12(17)10(15)6-8/h1-6,16-17H,14-15H2,(H,18,19). The van der Waals surface area contributed by atoms with Crippen LogP contribution in [0.25, 0.3) is 0 Å². The fourth-order valence-corrected chi connectivity index (χ4v) is 4.71.